The number of piperidine rings is 1. The summed E-state index contributed by atoms with van der Waals surface area (Å²) in [6.45, 7) is 7.75. The Morgan fingerprint density at radius 3 is 2.70 bits per heavy atom. The molecule has 5 unspecified atom stereocenters. The number of nitrogens with zero attached hydrogens (tertiary/aromatic N) is 4. The molecule has 9 nitrogen and oxygen atoms in total. The van der Waals surface area contributed by atoms with Gasteiger partial charge in [-0.25, -0.2) is 4.98 Å². The van der Waals surface area contributed by atoms with Gasteiger partial charge in [0.15, 0.2) is 0 Å². The van der Waals surface area contributed by atoms with Crippen molar-refractivity contribution in [2.75, 3.05) is 49.8 Å². The maximum absolute atomic E-state index is 11.7. The van der Waals surface area contributed by atoms with Crippen LogP contribution in [0.1, 0.15) is 39.5 Å². The molecular formula is C30H39ClN4O5. The van der Waals surface area contributed by atoms with E-state index in [4.69, 9.17) is 31.1 Å². The van der Waals surface area contributed by atoms with Crippen LogP contribution in [0.15, 0.2) is 36.5 Å². The second-order valence-corrected chi connectivity index (χ2v) is 11.2. The number of carboxylic acid groups (broad SMARTS) is 1. The van der Waals surface area contributed by atoms with Gasteiger partial charge in [0.25, 0.3) is 0 Å². The molecule has 216 valence electrons. The van der Waals surface area contributed by atoms with Crippen LogP contribution in [0.3, 0.4) is 0 Å². The molecule has 1 aromatic heterocycles. The molecule has 3 heterocycles. The first-order valence-electron chi connectivity index (χ1n) is 13.9. The van der Waals surface area contributed by atoms with Crippen molar-refractivity contribution in [3.63, 3.8) is 0 Å². The number of methoxy groups -OCH3 is 1. The lowest BCUT2D eigenvalue weighted by molar-refractivity contribution is -0.137. The zero-order valence-electron chi connectivity index (χ0n) is 23.5. The number of hydrogen-bond acceptors (Lipinski definition) is 8. The van der Waals surface area contributed by atoms with Gasteiger partial charge in [0.2, 0.25) is 5.88 Å². The number of aromatic nitrogens is 1. The third-order valence-electron chi connectivity index (χ3n) is 8.12. The second kappa shape index (κ2) is 13.9. The van der Waals surface area contributed by atoms with Gasteiger partial charge in [-0.3, -0.25) is 4.79 Å². The molecule has 2 fully saturated rings. The number of benzene rings is 1. The first-order valence-corrected chi connectivity index (χ1v) is 14.3. The molecular weight excluding hydrogens is 532 g/mol. The summed E-state index contributed by atoms with van der Waals surface area (Å²) in [7, 11) is 1.60. The first-order chi connectivity index (χ1) is 19.3. The van der Waals surface area contributed by atoms with Gasteiger partial charge in [-0.05, 0) is 36.6 Å². The summed E-state index contributed by atoms with van der Waals surface area (Å²) < 4.78 is 17.5. The number of aliphatic carboxylic acids is 1. The van der Waals surface area contributed by atoms with Gasteiger partial charge in [-0.15, -0.1) is 0 Å². The quantitative estimate of drug-likeness (QED) is 0.341. The van der Waals surface area contributed by atoms with E-state index < -0.39 is 5.97 Å². The molecule has 10 heteroatoms. The molecule has 5 atom stereocenters. The van der Waals surface area contributed by atoms with Gasteiger partial charge in [-0.2, -0.15) is 5.26 Å². The van der Waals surface area contributed by atoms with Crippen LogP contribution in [-0.2, 0) is 9.53 Å². The highest BCUT2D eigenvalue weighted by Gasteiger charge is 2.40. The fourth-order valence-electron chi connectivity index (χ4n) is 5.79. The van der Waals surface area contributed by atoms with Crippen molar-refractivity contribution in [2.45, 2.75) is 51.7 Å². The van der Waals surface area contributed by atoms with E-state index in [-0.39, 0.29) is 36.3 Å². The predicted octanol–water partition coefficient (Wildman–Crippen LogP) is 5.27. The third kappa shape index (κ3) is 7.29. The summed E-state index contributed by atoms with van der Waals surface area (Å²) in [6, 6.07) is 11.9. The van der Waals surface area contributed by atoms with Crippen LogP contribution in [0, 0.1) is 29.1 Å². The Kier molecular flexibility index (Phi) is 10.3. The van der Waals surface area contributed by atoms with Crippen LogP contribution in [0.5, 0.6) is 11.6 Å². The number of hydrogen-bond donors (Lipinski definition) is 1. The number of pyridine rings is 1. The van der Waals surface area contributed by atoms with E-state index in [0.29, 0.717) is 37.0 Å². The molecule has 1 N–H and O–H groups in total. The molecule has 0 bridgehead atoms. The number of rotatable bonds is 12. The molecule has 40 heavy (non-hydrogen) atoms. The smallest absolute Gasteiger partial charge is 0.305 e. The second-order valence-electron chi connectivity index (χ2n) is 10.8. The number of nitriles is 1. The van der Waals surface area contributed by atoms with Crippen LogP contribution in [0.2, 0.25) is 5.02 Å². The number of carbonyl (C=O) groups is 1. The van der Waals surface area contributed by atoms with Gasteiger partial charge in [0.1, 0.15) is 11.9 Å². The number of carboxylic acids is 1. The van der Waals surface area contributed by atoms with E-state index in [1.54, 1.807) is 13.3 Å². The lowest BCUT2D eigenvalue weighted by Gasteiger charge is -2.38. The zero-order chi connectivity index (χ0) is 28.6. The summed E-state index contributed by atoms with van der Waals surface area (Å²) in [4.78, 5) is 20.3. The topological polar surface area (TPSA) is 108 Å². The first kappa shape index (κ1) is 29.8. The fraction of sp³-hybridized carbons (Fsp3) is 0.567. The van der Waals surface area contributed by atoms with Gasteiger partial charge in [0.05, 0.1) is 43.1 Å². The van der Waals surface area contributed by atoms with E-state index in [9.17, 15) is 9.90 Å². The lowest BCUT2D eigenvalue weighted by Crippen LogP contribution is -2.44. The van der Waals surface area contributed by atoms with E-state index in [1.165, 1.54) is 0 Å². The molecule has 1 aromatic carbocycles. The van der Waals surface area contributed by atoms with Crippen molar-refractivity contribution in [1.29, 1.82) is 5.26 Å². The minimum Gasteiger partial charge on any atom is -0.490 e. The monoisotopic (exact) mass is 570 g/mol. The van der Waals surface area contributed by atoms with Crippen LogP contribution >= 0.6 is 11.6 Å². The van der Waals surface area contributed by atoms with E-state index in [0.717, 1.165) is 43.2 Å². The maximum atomic E-state index is 11.7. The number of anilines is 2. The minimum atomic E-state index is -0.802. The van der Waals surface area contributed by atoms with Crippen molar-refractivity contribution in [1.82, 2.24) is 4.98 Å². The SMILES string of the molecule is COc1cc(N2CCC(Oc3ccc(N4CC(COCCCC#N)C(C)C4CC(=O)O)cc3)C(C)C2)c(Cl)cn1. The van der Waals surface area contributed by atoms with E-state index >= 15 is 0 Å². The molecule has 0 radical (unpaired) electrons. The Morgan fingerprint density at radius 2 is 2.02 bits per heavy atom. The van der Waals surface area contributed by atoms with Crippen LogP contribution in [0.25, 0.3) is 0 Å². The predicted molar refractivity (Wildman–Crippen MR) is 154 cm³/mol. The molecule has 2 aliphatic heterocycles. The van der Waals surface area contributed by atoms with Crippen molar-refractivity contribution in [3.05, 3.63) is 41.6 Å². The van der Waals surface area contributed by atoms with Crippen molar-refractivity contribution in [2.24, 2.45) is 17.8 Å². The fourth-order valence-corrected chi connectivity index (χ4v) is 6.01. The standard InChI is InChI=1S/C30H39ClN4O5/c1-20-17-34(27-14-29(38-3)33-16-25(27)31)12-10-28(20)40-24-8-6-23(7-9-24)35-18-22(19-39-13-5-4-11-32)21(2)26(35)15-30(36)37/h6-9,14,16,20-22,26,28H,4-5,10,12-13,15,17-19H2,1-3H3,(H,36,37). The minimum absolute atomic E-state index is 0.0683. The molecule has 2 aliphatic rings. The molecule has 0 saturated carbocycles. The molecule has 2 aromatic rings. The number of halogens is 1. The highest BCUT2D eigenvalue weighted by atomic mass is 35.5. The van der Waals surface area contributed by atoms with Gasteiger partial charge < -0.3 is 29.1 Å². The van der Waals surface area contributed by atoms with Gasteiger partial charge >= 0.3 is 5.97 Å². The van der Waals surface area contributed by atoms with Crippen LogP contribution in [-0.4, -0.2) is 68.2 Å². The Hall–Kier alpha value is -3.22. The molecule has 0 aliphatic carbocycles. The van der Waals surface area contributed by atoms with Crippen molar-refractivity contribution < 1.29 is 24.1 Å². The Morgan fingerprint density at radius 1 is 1.25 bits per heavy atom. The van der Waals surface area contributed by atoms with Crippen LogP contribution < -0.4 is 19.3 Å². The average Bonchev–Trinajstić information content (AvgIpc) is 3.24. The van der Waals surface area contributed by atoms with Crippen molar-refractivity contribution in [3.8, 4) is 17.7 Å². The third-order valence-corrected chi connectivity index (χ3v) is 8.41. The Bertz CT molecular complexity index is 1170. The highest BCUT2D eigenvalue weighted by Crippen LogP contribution is 2.37. The Balaban J connectivity index is 1.36. The van der Waals surface area contributed by atoms with E-state index in [1.807, 2.05) is 30.3 Å². The van der Waals surface area contributed by atoms with Gasteiger partial charge in [-0.1, -0.05) is 25.4 Å². The largest absolute Gasteiger partial charge is 0.490 e. The summed E-state index contributed by atoms with van der Waals surface area (Å²) in [5.74, 6) is 1.21. The summed E-state index contributed by atoms with van der Waals surface area (Å²) in [6.07, 6.45) is 3.82. The molecule has 4 rings (SSSR count). The average molecular weight is 571 g/mol. The molecule has 0 spiro atoms. The summed E-state index contributed by atoms with van der Waals surface area (Å²) in [5, 5.41) is 18.9. The highest BCUT2D eigenvalue weighted by molar-refractivity contribution is 6.33. The maximum Gasteiger partial charge on any atom is 0.305 e. The lowest BCUT2D eigenvalue weighted by atomic mass is 9.91. The summed E-state index contributed by atoms with van der Waals surface area (Å²) >= 11 is 6.42. The number of unbranched alkanes of at least 4 members (excludes halogenated alkanes) is 1. The van der Waals surface area contributed by atoms with Crippen molar-refractivity contribution >= 4 is 28.9 Å². The van der Waals surface area contributed by atoms with Gasteiger partial charge in [0, 0.05) is 68.7 Å². The summed E-state index contributed by atoms with van der Waals surface area (Å²) in [5.41, 5.74) is 1.91. The van der Waals surface area contributed by atoms with E-state index in [2.05, 4.69) is 34.7 Å². The number of ether oxygens (including phenoxy) is 3. The Labute approximate surface area is 241 Å². The van der Waals surface area contributed by atoms with Crippen LogP contribution in [0.4, 0.5) is 11.4 Å². The molecule has 0 amide bonds. The normalized spacial score (nSPS) is 24.5. The molecule has 2 saturated heterocycles. The zero-order valence-corrected chi connectivity index (χ0v) is 24.2.